The first-order chi connectivity index (χ1) is 8.81. The van der Waals surface area contributed by atoms with Crippen LogP contribution in [0.1, 0.15) is 56.3 Å². The summed E-state index contributed by atoms with van der Waals surface area (Å²) in [5.41, 5.74) is 0.110. The molecule has 0 aliphatic heterocycles. The van der Waals surface area contributed by atoms with Gasteiger partial charge in [0.25, 0.3) is 5.91 Å². The monoisotopic (exact) mass is 268 g/mol. The Morgan fingerprint density at radius 3 is 2.42 bits per heavy atom. The van der Waals surface area contributed by atoms with Gasteiger partial charge in [0.1, 0.15) is 11.8 Å². The molecule has 1 aromatic heterocycles. The molecule has 0 unspecified atom stereocenters. The molecule has 6 heteroatoms. The molecule has 0 fully saturated rings. The van der Waals surface area contributed by atoms with E-state index in [9.17, 15) is 9.59 Å². The lowest BCUT2D eigenvalue weighted by atomic mass is 10.0. The van der Waals surface area contributed by atoms with Crippen LogP contribution in [0.4, 0.5) is 0 Å². The zero-order valence-corrected chi connectivity index (χ0v) is 11.6. The molecule has 1 rings (SSSR count). The van der Waals surface area contributed by atoms with Crippen molar-refractivity contribution < 1.29 is 19.2 Å². The van der Waals surface area contributed by atoms with Crippen LogP contribution < -0.4 is 5.32 Å². The number of hydrogen-bond donors (Lipinski definition) is 2. The molecular formula is C13H20N2O4. The lowest BCUT2D eigenvalue weighted by molar-refractivity contribution is -0.139. The van der Waals surface area contributed by atoms with Crippen LogP contribution in [0.2, 0.25) is 0 Å². The third-order valence-electron chi connectivity index (χ3n) is 2.64. The van der Waals surface area contributed by atoms with Crippen molar-refractivity contribution in [2.24, 2.45) is 5.92 Å². The highest BCUT2D eigenvalue weighted by Gasteiger charge is 2.23. The molecule has 0 aliphatic carbocycles. The SMILES string of the molecule is CC(C)C[C@H](NC(=O)c1cc(C(C)C)on1)C(=O)O. The fraction of sp³-hybridized carbons (Fsp3) is 0.615. The molecule has 0 radical (unpaired) electrons. The molecule has 106 valence electrons. The third kappa shape index (κ3) is 4.39. The van der Waals surface area contributed by atoms with Gasteiger partial charge in [-0.05, 0) is 12.3 Å². The molecule has 0 saturated heterocycles. The maximum absolute atomic E-state index is 11.9. The molecule has 0 aliphatic rings. The predicted molar refractivity (Wildman–Crippen MR) is 68.9 cm³/mol. The average molecular weight is 268 g/mol. The normalized spacial score (nSPS) is 12.7. The van der Waals surface area contributed by atoms with Crippen molar-refractivity contribution in [3.8, 4) is 0 Å². The number of hydrogen-bond acceptors (Lipinski definition) is 4. The Bertz CT molecular complexity index is 451. The van der Waals surface area contributed by atoms with E-state index in [1.54, 1.807) is 0 Å². The standard InChI is InChI=1S/C13H20N2O4/c1-7(2)5-10(13(17)18)14-12(16)9-6-11(8(3)4)19-15-9/h6-8,10H,5H2,1-4H3,(H,14,16)(H,17,18)/t10-/m0/s1. The number of nitrogens with zero attached hydrogens (tertiary/aromatic N) is 1. The van der Waals surface area contributed by atoms with Crippen LogP contribution in [0.15, 0.2) is 10.6 Å². The first-order valence-electron chi connectivity index (χ1n) is 6.31. The Kier molecular flexibility index (Phi) is 5.09. The summed E-state index contributed by atoms with van der Waals surface area (Å²) in [7, 11) is 0. The predicted octanol–water partition coefficient (Wildman–Crippen LogP) is 2.03. The Hall–Kier alpha value is -1.85. The number of aromatic nitrogens is 1. The van der Waals surface area contributed by atoms with E-state index < -0.39 is 17.9 Å². The Morgan fingerprint density at radius 1 is 1.37 bits per heavy atom. The summed E-state index contributed by atoms with van der Waals surface area (Å²) in [6, 6.07) is 0.626. The zero-order chi connectivity index (χ0) is 14.6. The van der Waals surface area contributed by atoms with Gasteiger partial charge in [0.15, 0.2) is 5.69 Å². The van der Waals surface area contributed by atoms with Crippen LogP contribution in [0, 0.1) is 5.92 Å². The van der Waals surface area contributed by atoms with Gasteiger partial charge in [0.05, 0.1) is 0 Å². The summed E-state index contributed by atoms with van der Waals surface area (Å²) in [4.78, 5) is 22.9. The van der Waals surface area contributed by atoms with Crippen molar-refractivity contribution in [1.29, 1.82) is 0 Å². The van der Waals surface area contributed by atoms with E-state index in [1.807, 2.05) is 27.7 Å². The first kappa shape index (κ1) is 15.2. The molecule has 1 aromatic rings. The van der Waals surface area contributed by atoms with E-state index in [0.29, 0.717) is 12.2 Å². The highest BCUT2D eigenvalue weighted by molar-refractivity contribution is 5.94. The Labute approximate surface area is 112 Å². The van der Waals surface area contributed by atoms with Gasteiger partial charge >= 0.3 is 5.97 Å². The molecule has 0 bridgehead atoms. The van der Waals surface area contributed by atoms with E-state index >= 15 is 0 Å². The molecule has 2 N–H and O–H groups in total. The highest BCUT2D eigenvalue weighted by Crippen LogP contribution is 2.15. The Balaban J connectivity index is 2.73. The van der Waals surface area contributed by atoms with Gasteiger partial charge in [0.2, 0.25) is 0 Å². The van der Waals surface area contributed by atoms with Gasteiger partial charge in [0, 0.05) is 12.0 Å². The second kappa shape index (κ2) is 6.36. The van der Waals surface area contributed by atoms with Gasteiger partial charge in [-0.25, -0.2) is 4.79 Å². The number of amides is 1. The third-order valence-corrected chi connectivity index (χ3v) is 2.64. The van der Waals surface area contributed by atoms with Gasteiger partial charge < -0.3 is 14.9 Å². The lowest BCUT2D eigenvalue weighted by Crippen LogP contribution is -2.41. The van der Waals surface area contributed by atoms with Crippen molar-refractivity contribution in [3.63, 3.8) is 0 Å². The van der Waals surface area contributed by atoms with E-state index in [2.05, 4.69) is 10.5 Å². The van der Waals surface area contributed by atoms with Gasteiger partial charge in [-0.1, -0.05) is 32.9 Å². The second-order valence-corrected chi connectivity index (χ2v) is 5.26. The largest absolute Gasteiger partial charge is 0.480 e. The van der Waals surface area contributed by atoms with Gasteiger partial charge in [-0.2, -0.15) is 0 Å². The van der Waals surface area contributed by atoms with Crippen molar-refractivity contribution in [1.82, 2.24) is 10.5 Å². The molecule has 0 spiro atoms. The van der Waals surface area contributed by atoms with E-state index in [0.717, 1.165) is 0 Å². The summed E-state index contributed by atoms with van der Waals surface area (Å²) in [6.07, 6.45) is 0.371. The number of carbonyl (C=O) groups is 2. The molecular weight excluding hydrogens is 248 g/mol. The van der Waals surface area contributed by atoms with Crippen molar-refractivity contribution in [2.75, 3.05) is 0 Å². The topological polar surface area (TPSA) is 92.4 Å². The van der Waals surface area contributed by atoms with Crippen molar-refractivity contribution in [2.45, 2.75) is 46.1 Å². The van der Waals surface area contributed by atoms with Crippen molar-refractivity contribution >= 4 is 11.9 Å². The summed E-state index contributed by atoms with van der Waals surface area (Å²) >= 11 is 0. The van der Waals surface area contributed by atoms with E-state index in [1.165, 1.54) is 6.07 Å². The summed E-state index contributed by atoms with van der Waals surface area (Å²) in [6.45, 7) is 7.63. The number of rotatable bonds is 6. The van der Waals surface area contributed by atoms with Crippen molar-refractivity contribution in [3.05, 3.63) is 17.5 Å². The average Bonchev–Trinajstić information content (AvgIpc) is 2.76. The highest BCUT2D eigenvalue weighted by atomic mass is 16.5. The Morgan fingerprint density at radius 2 is 2.00 bits per heavy atom. The van der Waals surface area contributed by atoms with Crippen LogP contribution >= 0.6 is 0 Å². The molecule has 19 heavy (non-hydrogen) atoms. The van der Waals surface area contributed by atoms with E-state index in [4.69, 9.17) is 9.63 Å². The number of carboxylic acids is 1. The minimum absolute atomic E-state index is 0.110. The van der Waals surface area contributed by atoms with Crippen LogP contribution in [0.25, 0.3) is 0 Å². The number of aliphatic carboxylic acids is 1. The lowest BCUT2D eigenvalue weighted by Gasteiger charge is -2.15. The minimum atomic E-state index is -1.05. The van der Waals surface area contributed by atoms with Gasteiger partial charge in [-0.3, -0.25) is 4.79 Å². The molecule has 0 aromatic carbocycles. The fourth-order valence-electron chi connectivity index (χ4n) is 1.59. The summed E-state index contributed by atoms with van der Waals surface area (Å²) in [5, 5.41) is 15.2. The van der Waals surface area contributed by atoms with E-state index in [-0.39, 0.29) is 17.5 Å². The van der Waals surface area contributed by atoms with Crippen LogP contribution in [-0.4, -0.2) is 28.2 Å². The fourth-order valence-corrected chi connectivity index (χ4v) is 1.59. The zero-order valence-electron chi connectivity index (χ0n) is 11.6. The van der Waals surface area contributed by atoms with Gasteiger partial charge in [-0.15, -0.1) is 0 Å². The number of carboxylic acid groups (broad SMARTS) is 1. The first-order valence-corrected chi connectivity index (χ1v) is 6.31. The number of carbonyl (C=O) groups excluding carboxylic acids is 1. The molecule has 1 heterocycles. The smallest absolute Gasteiger partial charge is 0.326 e. The summed E-state index contributed by atoms with van der Waals surface area (Å²) in [5.74, 6) is -0.677. The summed E-state index contributed by atoms with van der Waals surface area (Å²) < 4.78 is 5.01. The van der Waals surface area contributed by atoms with Crippen LogP contribution in [0.5, 0.6) is 0 Å². The van der Waals surface area contributed by atoms with Crippen LogP contribution in [0.3, 0.4) is 0 Å². The maximum atomic E-state index is 11.9. The molecule has 1 amide bonds. The second-order valence-electron chi connectivity index (χ2n) is 5.26. The molecule has 0 saturated carbocycles. The quantitative estimate of drug-likeness (QED) is 0.823. The number of nitrogens with one attached hydrogen (secondary N) is 1. The molecule has 1 atom stereocenters. The van der Waals surface area contributed by atoms with Crippen LogP contribution in [-0.2, 0) is 4.79 Å². The molecule has 6 nitrogen and oxygen atoms in total. The maximum Gasteiger partial charge on any atom is 0.326 e. The minimum Gasteiger partial charge on any atom is -0.480 e.